The Labute approximate surface area is 79.2 Å². The lowest BCUT2D eigenvalue weighted by atomic mass is 10.3. The zero-order chi connectivity index (χ0) is 10.1. The molecule has 5 heteroatoms. The van der Waals surface area contributed by atoms with Crippen LogP contribution in [0, 0.1) is 0 Å². The molecule has 2 heterocycles. The first kappa shape index (κ1) is 8.71. The fourth-order valence-corrected chi connectivity index (χ4v) is 1.28. The number of hydrogen-bond acceptors (Lipinski definition) is 3. The molecule has 0 fully saturated rings. The fraction of sp³-hybridized carbons (Fsp3) is 0.111. The summed E-state index contributed by atoms with van der Waals surface area (Å²) < 4.78 is 1.44. The van der Waals surface area contributed by atoms with Crippen LogP contribution in [0.3, 0.4) is 0 Å². The predicted octanol–water partition coefficient (Wildman–Crippen LogP) is 0.525. The molecule has 14 heavy (non-hydrogen) atoms. The van der Waals surface area contributed by atoms with Gasteiger partial charge in [0.1, 0.15) is 5.65 Å². The number of nitrogens with zero attached hydrogens (tertiary/aromatic N) is 2. The first-order chi connectivity index (χ1) is 6.72. The van der Waals surface area contributed by atoms with Gasteiger partial charge in [0.2, 0.25) is 0 Å². The molecule has 0 aliphatic carbocycles. The van der Waals surface area contributed by atoms with Crippen molar-refractivity contribution >= 4 is 11.6 Å². The number of imidazole rings is 1. The predicted molar refractivity (Wildman–Crippen MR) is 48.1 cm³/mol. The van der Waals surface area contributed by atoms with E-state index in [0.717, 1.165) is 0 Å². The molecule has 2 rings (SSSR count). The summed E-state index contributed by atoms with van der Waals surface area (Å²) in [7, 11) is 0. The van der Waals surface area contributed by atoms with Gasteiger partial charge in [-0.15, -0.1) is 0 Å². The van der Waals surface area contributed by atoms with Crippen molar-refractivity contribution in [2.45, 2.75) is 6.61 Å². The Morgan fingerprint density at radius 2 is 2.29 bits per heavy atom. The van der Waals surface area contributed by atoms with E-state index < -0.39 is 5.97 Å². The van der Waals surface area contributed by atoms with Crippen LogP contribution in [0.5, 0.6) is 0 Å². The third-order valence-corrected chi connectivity index (χ3v) is 1.97. The number of aliphatic hydroxyl groups excluding tert-OH is 1. The zero-order valence-electron chi connectivity index (χ0n) is 7.21. The number of fused-ring (bicyclic) bond motifs is 1. The molecule has 0 aliphatic rings. The standard InChI is InChI=1S/C9H8N2O3/c12-5-6-1-2-8-10-3-7(9(13)14)11(8)4-6/h1-4,12H,5H2,(H,13,14). The molecule has 0 saturated carbocycles. The topological polar surface area (TPSA) is 74.8 Å². The van der Waals surface area contributed by atoms with Gasteiger partial charge in [0, 0.05) is 6.20 Å². The molecule has 2 aromatic rings. The van der Waals surface area contributed by atoms with Gasteiger partial charge in [0.15, 0.2) is 5.69 Å². The van der Waals surface area contributed by atoms with E-state index in [1.165, 1.54) is 10.6 Å². The van der Waals surface area contributed by atoms with Crippen LogP contribution in [-0.4, -0.2) is 25.6 Å². The largest absolute Gasteiger partial charge is 0.477 e. The van der Waals surface area contributed by atoms with E-state index in [1.54, 1.807) is 18.3 Å². The quantitative estimate of drug-likeness (QED) is 0.727. The van der Waals surface area contributed by atoms with Crippen molar-refractivity contribution in [1.29, 1.82) is 0 Å². The molecule has 0 saturated heterocycles. The van der Waals surface area contributed by atoms with Crippen LogP contribution in [0.4, 0.5) is 0 Å². The summed E-state index contributed by atoms with van der Waals surface area (Å²) in [5.74, 6) is -1.03. The van der Waals surface area contributed by atoms with E-state index in [0.29, 0.717) is 11.2 Å². The zero-order valence-corrected chi connectivity index (χ0v) is 7.21. The van der Waals surface area contributed by atoms with E-state index in [1.807, 2.05) is 0 Å². The average molecular weight is 192 g/mol. The van der Waals surface area contributed by atoms with Crippen LogP contribution < -0.4 is 0 Å². The van der Waals surface area contributed by atoms with Crippen molar-refractivity contribution in [2.24, 2.45) is 0 Å². The number of carboxylic acids is 1. The number of carbonyl (C=O) groups is 1. The second-order valence-electron chi connectivity index (χ2n) is 2.87. The molecule has 0 bridgehead atoms. The second-order valence-corrected chi connectivity index (χ2v) is 2.87. The SMILES string of the molecule is O=C(O)c1cnc2ccc(CO)cn12. The van der Waals surface area contributed by atoms with Crippen molar-refractivity contribution < 1.29 is 15.0 Å². The fourth-order valence-electron chi connectivity index (χ4n) is 1.28. The lowest BCUT2D eigenvalue weighted by Crippen LogP contribution is -2.02. The molecule has 0 atom stereocenters. The maximum Gasteiger partial charge on any atom is 0.354 e. The van der Waals surface area contributed by atoms with Gasteiger partial charge in [-0.3, -0.25) is 4.40 Å². The van der Waals surface area contributed by atoms with Crippen LogP contribution in [0.15, 0.2) is 24.5 Å². The summed E-state index contributed by atoms with van der Waals surface area (Å²) in [4.78, 5) is 14.7. The minimum atomic E-state index is -1.03. The Balaban J connectivity index is 2.69. The molecular weight excluding hydrogens is 184 g/mol. The third kappa shape index (κ3) is 1.23. The maximum absolute atomic E-state index is 10.8. The smallest absolute Gasteiger partial charge is 0.354 e. The highest BCUT2D eigenvalue weighted by Gasteiger charge is 2.09. The lowest BCUT2D eigenvalue weighted by Gasteiger charge is -1.99. The molecule has 0 aromatic carbocycles. The summed E-state index contributed by atoms with van der Waals surface area (Å²) in [6.07, 6.45) is 2.85. The van der Waals surface area contributed by atoms with Gasteiger partial charge in [-0.05, 0) is 11.6 Å². The van der Waals surface area contributed by atoms with Crippen LogP contribution in [0.25, 0.3) is 5.65 Å². The highest BCUT2D eigenvalue weighted by molar-refractivity contribution is 5.86. The van der Waals surface area contributed by atoms with Crippen molar-refractivity contribution in [3.63, 3.8) is 0 Å². The van der Waals surface area contributed by atoms with E-state index in [2.05, 4.69) is 4.98 Å². The molecule has 72 valence electrons. The number of aromatic nitrogens is 2. The molecule has 0 spiro atoms. The molecule has 2 aromatic heterocycles. The molecule has 0 unspecified atom stereocenters. The monoisotopic (exact) mass is 192 g/mol. The number of rotatable bonds is 2. The molecule has 0 radical (unpaired) electrons. The van der Waals surface area contributed by atoms with Gasteiger partial charge in [0.05, 0.1) is 12.8 Å². The summed E-state index contributed by atoms with van der Waals surface area (Å²) >= 11 is 0. The Kier molecular flexibility index (Phi) is 1.94. The summed E-state index contributed by atoms with van der Waals surface area (Å²) in [6, 6.07) is 3.37. The van der Waals surface area contributed by atoms with Gasteiger partial charge >= 0.3 is 5.97 Å². The van der Waals surface area contributed by atoms with Gasteiger partial charge in [-0.1, -0.05) is 6.07 Å². The van der Waals surface area contributed by atoms with Crippen LogP contribution in [0.2, 0.25) is 0 Å². The van der Waals surface area contributed by atoms with Crippen molar-refractivity contribution in [1.82, 2.24) is 9.38 Å². The van der Waals surface area contributed by atoms with Gasteiger partial charge in [0.25, 0.3) is 0 Å². The van der Waals surface area contributed by atoms with Crippen LogP contribution >= 0.6 is 0 Å². The normalized spacial score (nSPS) is 10.6. The van der Waals surface area contributed by atoms with Crippen LogP contribution in [-0.2, 0) is 6.61 Å². The highest BCUT2D eigenvalue weighted by Crippen LogP contribution is 2.09. The van der Waals surface area contributed by atoms with E-state index in [4.69, 9.17) is 10.2 Å². The van der Waals surface area contributed by atoms with Gasteiger partial charge in [-0.25, -0.2) is 9.78 Å². The Hall–Kier alpha value is -1.88. The molecule has 0 amide bonds. The average Bonchev–Trinajstić information content (AvgIpc) is 2.59. The van der Waals surface area contributed by atoms with Crippen LogP contribution in [0.1, 0.15) is 16.1 Å². The summed E-state index contributed by atoms with van der Waals surface area (Å²) in [5, 5.41) is 17.7. The Bertz CT molecular complexity index is 490. The van der Waals surface area contributed by atoms with Crippen molar-refractivity contribution in [3.05, 3.63) is 35.8 Å². The van der Waals surface area contributed by atoms with Gasteiger partial charge < -0.3 is 10.2 Å². The summed E-state index contributed by atoms with van der Waals surface area (Å²) in [6.45, 7) is -0.118. The number of hydrogen-bond donors (Lipinski definition) is 2. The first-order valence-corrected chi connectivity index (χ1v) is 4.02. The van der Waals surface area contributed by atoms with E-state index >= 15 is 0 Å². The summed E-state index contributed by atoms with van der Waals surface area (Å²) in [5.41, 5.74) is 1.30. The third-order valence-electron chi connectivity index (χ3n) is 1.97. The molecular formula is C9H8N2O3. The number of aromatic carboxylic acids is 1. The molecule has 2 N–H and O–H groups in total. The van der Waals surface area contributed by atoms with Crippen molar-refractivity contribution in [3.8, 4) is 0 Å². The number of aliphatic hydroxyl groups is 1. The Morgan fingerprint density at radius 1 is 1.50 bits per heavy atom. The van der Waals surface area contributed by atoms with E-state index in [-0.39, 0.29) is 12.3 Å². The molecule has 5 nitrogen and oxygen atoms in total. The minimum Gasteiger partial charge on any atom is -0.477 e. The second kappa shape index (κ2) is 3.12. The van der Waals surface area contributed by atoms with Gasteiger partial charge in [-0.2, -0.15) is 0 Å². The lowest BCUT2D eigenvalue weighted by molar-refractivity contribution is 0.0689. The first-order valence-electron chi connectivity index (χ1n) is 4.02. The van der Waals surface area contributed by atoms with E-state index in [9.17, 15) is 4.79 Å². The Morgan fingerprint density at radius 3 is 2.93 bits per heavy atom. The number of carboxylic acid groups (broad SMARTS) is 1. The number of pyridine rings is 1. The van der Waals surface area contributed by atoms with Crippen molar-refractivity contribution in [2.75, 3.05) is 0 Å². The highest BCUT2D eigenvalue weighted by atomic mass is 16.4. The minimum absolute atomic E-state index is 0.0929. The molecule has 0 aliphatic heterocycles. The maximum atomic E-state index is 10.8.